The van der Waals surface area contributed by atoms with Gasteiger partial charge in [0, 0.05) is 24.7 Å². The highest BCUT2D eigenvalue weighted by molar-refractivity contribution is 7.99. The van der Waals surface area contributed by atoms with Crippen molar-refractivity contribution in [2.75, 3.05) is 12.3 Å². The van der Waals surface area contributed by atoms with Crippen LogP contribution in [0.3, 0.4) is 0 Å². The second-order valence-electron chi connectivity index (χ2n) is 5.43. The fraction of sp³-hybridized carbons (Fsp3) is 0.167. The molecule has 0 fully saturated rings. The Morgan fingerprint density at radius 1 is 1.08 bits per heavy atom. The van der Waals surface area contributed by atoms with Crippen LogP contribution in [-0.2, 0) is 10.0 Å². The number of thioether (sulfide) groups is 1. The van der Waals surface area contributed by atoms with Gasteiger partial charge < -0.3 is 0 Å². The van der Waals surface area contributed by atoms with Gasteiger partial charge in [-0.25, -0.2) is 18.1 Å². The minimum absolute atomic E-state index is 0.279. The normalized spacial score (nSPS) is 11.6. The molecule has 0 spiro atoms. The number of para-hydroxylation sites is 1. The predicted molar refractivity (Wildman–Crippen MR) is 101 cm³/mol. The first-order valence-electron chi connectivity index (χ1n) is 7.85. The lowest BCUT2D eigenvalue weighted by molar-refractivity contribution is 0.584. The third-order valence-electron chi connectivity index (χ3n) is 3.66. The Bertz CT molecular complexity index is 938. The summed E-state index contributed by atoms with van der Waals surface area (Å²) in [6.45, 7) is 2.39. The van der Waals surface area contributed by atoms with Gasteiger partial charge in [-0.2, -0.15) is 0 Å². The van der Waals surface area contributed by atoms with Gasteiger partial charge in [0.1, 0.15) is 0 Å². The standard InChI is InChI=1S/C18H19N3O2S2/c1-15-7-5-6-10-17(15)21-13-11-19-18(21)24-14-12-20-25(22,23)16-8-3-2-4-9-16/h2-11,13,20H,12,14H2,1H3. The number of aryl methyl sites for hydroxylation is 1. The van der Waals surface area contributed by atoms with Crippen LogP contribution in [0.5, 0.6) is 0 Å². The number of nitrogens with one attached hydrogen (secondary N) is 1. The first-order valence-corrected chi connectivity index (χ1v) is 10.3. The Morgan fingerprint density at radius 2 is 1.80 bits per heavy atom. The molecular formula is C18H19N3O2S2. The number of sulfonamides is 1. The smallest absolute Gasteiger partial charge is 0.240 e. The lowest BCUT2D eigenvalue weighted by Crippen LogP contribution is -2.26. The lowest BCUT2D eigenvalue weighted by Gasteiger charge is -2.10. The molecule has 0 unspecified atom stereocenters. The largest absolute Gasteiger partial charge is 0.295 e. The van der Waals surface area contributed by atoms with Crippen LogP contribution in [0, 0.1) is 6.92 Å². The number of imidazole rings is 1. The molecule has 1 heterocycles. The van der Waals surface area contributed by atoms with Crippen LogP contribution in [0.2, 0.25) is 0 Å². The van der Waals surface area contributed by atoms with Crippen molar-refractivity contribution < 1.29 is 8.42 Å². The summed E-state index contributed by atoms with van der Waals surface area (Å²) in [5, 5.41) is 0.841. The molecule has 130 valence electrons. The molecule has 5 nitrogen and oxygen atoms in total. The van der Waals surface area contributed by atoms with E-state index in [1.54, 1.807) is 36.5 Å². The highest BCUT2D eigenvalue weighted by Gasteiger charge is 2.13. The van der Waals surface area contributed by atoms with Crippen LogP contribution >= 0.6 is 11.8 Å². The van der Waals surface area contributed by atoms with Gasteiger partial charge in [-0.1, -0.05) is 48.2 Å². The van der Waals surface area contributed by atoms with Crippen molar-refractivity contribution in [1.82, 2.24) is 14.3 Å². The Labute approximate surface area is 152 Å². The summed E-state index contributed by atoms with van der Waals surface area (Å²) in [5.41, 5.74) is 2.24. The monoisotopic (exact) mass is 373 g/mol. The number of hydrogen-bond acceptors (Lipinski definition) is 4. The number of aromatic nitrogens is 2. The third kappa shape index (κ3) is 4.31. The molecule has 0 radical (unpaired) electrons. The summed E-state index contributed by atoms with van der Waals surface area (Å²) in [6.07, 6.45) is 3.67. The topological polar surface area (TPSA) is 64.0 Å². The molecule has 0 saturated heterocycles. The summed E-state index contributed by atoms with van der Waals surface area (Å²) in [7, 11) is -3.46. The molecule has 1 N–H and O–H groups in total. The summed E-state index contributed by atoms with van der Waals surface area (Å²) in [5.74, 6) is 0.592. The quantitative estimate of drug-likeness (QED) is 0.510. The van der Waals surface area contributed by atoms with E-state index in [0.717, 1.165) is 16.4 Å². The Kier molecular flexibility index (Phi) is 5.57. The third-order valence-corrected chi connectivity index (χ3v) is 6.11. The molecule has 0 atom stereocenters. The summed E-state index contributed by atoms with van der Waals surface area (Å²) < 4.78 is 29.0. The summed E-state index contributed by atoms with van der Waals surface area (Å²) >= 11 is 1.52. The summed E-state index contributed by atoms with van der Waals surface area (Å²) in [4.78, 5) is 4.65. The van der Waals surface area contributed by atoms with E-state index in [9.17, 15) is 8.42 Å². The molecule has 0 aliphatic carbocycles. The average molecular weight is 374 g/mol. The van der Waals surface area contributed by atoms with Crippen LogP contribution < -0.4 is 4.72 Å². The second kappa shape index (κ2) is 7.86. The molecule has 7 heteroatoms. The highest BCUT2D eigenvalue weighted by atomic mass is 32.2. The average Bonchev–Trinajstić information content (AvgIpc) is 3.08. The Morgan fingerprint density at radius 3 is 2.56 bits per heavy atom. The molecular weight excluding hydrogens is 354 g/mol. The van der Waals surface area contributed by atoms with E-state index in [4.69, 9.17) is 0 Å². The summed E-state index contributed by atoms with van der Waals surface area (Å²) in [6, 6.07) is 16.5. The number of benzene rings is 2. The van der Waals surface area contributed by atoms with Gasteiger partial charge in [0.05, 0.1) is 10.6 Å². The maximum atomic E-state index is 12.2. The van der Waals surface area contributed by atoms with Gasteiger partial charge in [0.15, 0.2) is 5.16 Å². The second-order valence-corrected chi connectivity index (χ2v) is 8.25. The molecule has 0 aliphatic heterocycles. The van der Waals surface area contributed by atoms with Crippen LogP contribution in [0.15, 0.2) is 77.0 Å². The van der Waals surface area contributed by atoms with E-state index in [-0.39, 0.29) is 4.90 Å². The molecule has 0 aliphatic rings. The van der Waals surface area contributed by atoms with Gasteiger partial charge in [0.25, 0.3) is 0 Å². The maximum Gasteiger partial charge on any atom is 0.240 e. The van der Waals surface area contributed by atoms with Gasteiger partial charge in [-0.15, -0.1) is 0 Å². The zero-order valence-corrected chi connectivity index (χ0v) is 15.4. The van der Waals surface area contributed by atoms with E-state index in [2.05, 4.69) is 22.7 Å². The zero-order chi connectivity index (χ0) is 17.7. The number of nitrogens with zero attached hydrogens (tertiary/aromatic N) is 2. The van der Waals surface area contributed by atoms with Crippen molar-refractivity contribution >= 4 is 21.8 Å². The van der Waals surface area contributed by atoms with Crippen molar-refractivity contribution in [3.63, 3.8) is 0 Å². The van der Waals surface area contributed by atoms with Crippen LogP contribution in [0.4, 0.5) is 0 Å². The van der Waals surface area contributed by atoms with E-state index >= 15 is 0 Å². The molecule has 0 bridgehead atoms. The van der Waals surface area contributed by atoms with Gasteiger partial charge >= 0.3 is 0 Å². The van der Waals surface area contributed by atoms with Gasteiger partial charge in [-0.3, -0.25) is 4.57 Å². The minimum Gasteiger partial charge on any atom is -0.295 e. The highest BCUT2D eigenvalue weighted by Crippen LogP contribution is 2.22. The SMILES string of the molecule is Cc1ccccc1-n1ccnc1SCCNS(=O)(=O)c1ccccc1. The minimum atomic E-state index is -3.46. The maximum absolute atomic E-state index is 12.2. The molecule has 1 aromatic heterocycles. The molecule has 2 aromatic carbocycles. The molecule has 25 heavy (non-hydrogen) atoms. The van der Waals surface area contributed by atoms with E-state index in [1.807, 2.05) is 29.0 Å². The first kappa shape index (κ1) is 17.7. The molecule has 0 amide bonds. The van der Waals surface area contributed by atoms with Crippen LogP contribution in [0.25, 0.3) is 5.69 Å². The molecule has 0 saturated carbocycles. The zero-order valence-electron chi connectivity index (χ0n) is 13.8. The van der Waals surface area contributed by atoms with Crippen molar-refractivity contribution in [2.45, 2.75) is 17.0 Å². The van der Waals surface area contributed by atoms with Crippen LogP contribution in [-0.4, -0.2) is 30.3 Å². The molecule has 3 aromatic rings. The first-order chi connectivity index (χ1) is 12.1. The van der Waals surface area contributed by atoms with Crippen molar-refractivity contribution in [2.24, 2.45) is 0 Å². The Hall–Kier alpha value is -2.09. The van der Waals surface area contributed by atoms with Crippen LogP contribution in [0.1, 0.15) is 5.56 Å². The number of hydrogen-bond donors (Lipinski definition) is 1. The number of rotatable bonds is 7. The van der Waals surface area contributed by atoms with Crippen molar-refractivity contribution in [3.05, 3.63) is 72.6 Å². The van der Waals surface area contributed by atoms with Crippen molar-refractivity contribution in [3.8, 4) is 5.69 Å². The van der Waals surface area contributed by atoms with Gasteiger partial charge in [0.2, 0.25) is 10.0 Å². The Balaban J connectivity index is 1.61. The van der Waals surface area contributed by atoms with Crippen molar-refractivity contribution in [1.29, 1.82) is 0 Å². The van der Waals surface area contributed by atoms with E-state index in [0.29, 0.717) is 12.3 Å². The predicted octanol–water partition coefficient (Wildman–Crippen LogP) is 3.25. The fourth-order valence-electron chi connectivity index (χ4n) is 2.41. The lowest BCUT2D eigenvalue weighted by atomic mass is 10.2. The van der Waals surface area contributed by atoms with E-state index < -0.39 is 10.0 Å². The molecule has 3 rings (SSSR count). The van der Waals surface area contributed by atoms with E-state index in [1.165, 1.54) is 11.8 Å². The fourth-order valence-corrected chi connectivity index (χ4v) is 4.42. The van der Waals surface area contributed by atoms with Gasteiger partial charge in [-0.05, 0) is 30.7 Å².